The third-order valence-corrected chi connectivity index (χ3v) is 2.79. The third-order valence-electron chi connectivity index (χ3n) is 2.45. The van der Waals surface area contributed by atoms with Crippen LogP contribution in [0.4, 0.5) is 0 Å². The van der Waals surface area contributed by atoms with E-state index in [0.717, 1.165) is 12.8 Å². The van der Waals surface area contributed by atoms with Crippen LogP contribution in [0.1, 0.15) is 11.1 Å². The molecule has 0 radical (unpaired) electrons. The quantitative estimate of drug-likeness (QED) is 0.661. The zero-order chi connectivity index (χ0) is 8.55. The molecule has 1 aromatic rings. The highest BCUT2D eigenvalue weighted by Crippen LogP contribution is 2.26. The Morgan fingerprint density at radius 1 is 1.25 bits per heavy atom. The van der Waals surface area contributed by atoms with Crippen molar-refractivity contribution in [1.82, 2.24) is 0 Å². The van der Waals surface area contributed by atoms with Gasteiger partial charge in [-0.2, -0.15) is 0 Å². The molecule has 0 fully saturated rings. The van der Waals surface area contributed by atoms with Gasteiger partial charge in [0.15, 0.2) is 0 Å². The first-order chi connectivity index (χ1) is 5.77. The molecule has 2 heteroatoms. The van der Waals surface area contributed by atoms with E-state index in [0.29, 0.717) is 10.9 Å². The van der Waals surface area contributed by atoms with Gasteiger partial charge in [0.1, 0.15) is 0 Å². The van der Waals surface area contributed by atoms with Crippen LogP contribution in [-0.2, 0) is 12.8 Å². The summed E-state index contributed by atoms with van der Waals surface area (Å²) in [6.07, 6.45) is 2.07. The lowest BCUT2D eigenvalue weighted by Crippen LogP contribution is -2.21. The van der Waals surface area contributed by atoms with Crippen LogP contribution in [0.25, 0.3) is 0 Å². The first-order valence-electron chi connectivity index (χ1n) is 4.13. The Kier molecular flexibility index (Phi) is 1.85. The minimum atomic E-state index is 0.400. The second-order valence-electron chi connectivity index (χ2n) is 3.28. The molecule has 2 rings (SSSR count). The van der Waals surface area contributed by atoms with Crippen LogP contribution in [0.15, 0.2) is 24.3 Å². The van der Waals surface area contributed by atoms with Gasteiger partial charge < -0.3 is 5.73 Å². The maximum Gasteiger partial charge on any atom is 0.0765 e. The number of fused-ring (bicyclic) bond motifs is 1. The summed E-state index contributed by atoms with van der Waals surface area (Å²) in [5.41, 5.74) is 8.43. The van der Waals surface area contributed by atoms with Crippen molar-refractivity contribution in [2.24, 2.45) is 11.7 Å². The minimum Gasteiger partial charge on any atom is -0.393 e. The molecule has 0 saturated heterocycles. The summed E-state index contributed by atoms with van der Waals surface area (Å²) in [6.45, 7) is 0. The van der Waals surface area contributed by atoms with Gasteiger partial charge in [-0.3, -0.25) is 0 Å². The number of benzene rings is 1. The maximum absolute atomic E-state index is 5.61. The van der Waals surface area contributed by atoms with Crippen molar-refractivity contribution in [1.29, 1.82) is 0 Å². The van der Waals surface area contributed by atoms with Crippen molar-refractivity contribution >= 4 is 17.2 Å². The van der Waals surface area contributed by atoms with Crippen LogP contribution >= 0.6 is 12.2 Å². The molecule has 1 aromatic carbocycles. The topological polar surface area (TPSA) is 26.0 Å². The fourth-order valence-corrected chi connectivity index (χ4v) is 1.93. The molecule has 2 N–H and O–H groups in total. The predicted molar refractivity (Wildman–Crippen MR) is 54.1 cm³/mol. The Labute approximate surface area is 77.6 Å². The van der Waals surface area contributed by atoms with Crippen molar-refractivity contribution in [3.63, 3.8) is 0 Å². The van der Waals surface area contributed by atoms with Crippen LogP contribution in [-0.4, -0.2) is 4.99 Å². The molecule has 1 aliphatic rings. The van der Waals surface area contributed by atoms with E-state index in [1.807, 2.05) is 0 Å². The molecule has 0 aromatic heterocycles. The predicted octanol–water partition coefficient (Wildman–Crippen LogP) is 1.69. The Morgan fingerprint density at radius 3 is 2.17 bits per heavy atom. The standard InChI is InChI=1S/C10H11NS/c11-10(12)9-5-7-3-1-2-4-8(7)6-9/h1-4,9H,5-6H2,(H2,11,12). The van der Waals surface area contributed by atoms with Crippen LogP contribution in [0.5, 0.6) is 0 Å². The van der Waals surface area contributed by atoms with E-state index in [-0.39, 0.29) is 0 Å². The van der Waals surface area contributed by atoms with Crippen LogP contribution in [0, 0.1) is 5.92 Å². The summed E-state index contributed by atoms with van der Waals surface area (Å²) in [7, 11) is 0. The molecular formula is C10H11NS. The molecule has 0 heterocycles. The average molecular weight is 177 g/mol. The van der Waals surface area contributed by atoms with Gasteiger partial charge in [0.2, 0.25) is 0 Å². The Balaban J connectivity index is 2.27. The average Bonchev–Trinajstić information content (AvgIpc) is 2.46. The van der Waals surface area contributed by atoms with Crippen molar-refractivity contribution < 1.29 is 0 Å². The Bertz CT molecular complexity index is 294. The third kappa shape index (κ3) is 1.23. The lowest BCUT2D eigenvalue weighted by Gasteiger charge is -2.03. The van der Waals surface area contributed by atoms with Gasteiger partial charge in [-0.25, -0.2) is 0 Å². The van der Waals surface area contributed by atoms with Gasteiger partial charge in [0, 0.05) is 5.92 Å². The first-order valence-corrected chi connectivity index (χ1v) is 4.54. The van der Waals surface area contributed by atoms with E-state index in [9.17, 15) is 0 Å². The second kappa shape index (κ2) is 2.87. The van der Waals surface area contributed by atoms with Gasteiger partial charge in [0.25, 0.3) is 0 Å². The summed E-state index contributed by atoms with van der Waals surface area (Å²) in [6, 6.07) is 8.46. The van der Waals surface area contributed by atoms with Crippen molar-refractivity contribution in [2.75, 3.05) is 0 Å². The molecule has 1 aliphatic carbocycles. The molecule has 0 aliphatic heterocycles. The van der Waals surface area contributed by atoms with Gasteiger partial charge in [-0.05, 0) is 24.0 Å². The largest absolute Gasteiger partial charge is 0.393 e. The van der Waals surface area contributed by atoms with E-state index < -0.39 is 0 Å². The van der Waals surface area contributed by atoms with Gasteiger partial charge in [0.05, 0.1) is 4.99 Å². The van der Waals surface area contributed by atoms with E-state index in [2.05, 4.69) is 24.3 Å². The smallest absolute Gasteiger partial charge is 0.0765 e. The van der Waals surface area contributed by atoms with Crippen LogP contribution in [0.3, 0.4) is 0 Å². The summed E-state index contributed by atoms with van der Waals surface area (Å²) >= 11 is 4.98. The molecule has 0 amide bonds. The minimum absolute atomic E-state index is 0.400. The highest BCUT2D eigenvalue weighted by atomic mass is 32.1. The fraction of sp³-hybridized carbons (Fsp3) is 0.300. The van der Waals surface area contributed by atoms with E-state index >= 15 is 0 Å². The molecule has 0 spiro atoms. The number of nitrogens with two attached hydrogens (primary N) is 1. The summed E-state index contributed by atoms with van der Waals surface area (Å²) in [4.78, 5) is 0.659. The maximum atomic E-state index is 5.61. The molecule has 0 bridgehead atoms. The Morgan fingerprint density at radius 2 is 1.75 bits per heavy atom. The van der Waals surface area contributed by atoms with Crippen molar-refractivity contribution in [2.45, 2.75) is 12.8 Å². The van der Waals surface area contributed by atoms with Gasteiger partial charge in [-0.15, -0.1) is 0 Å². The summed E-state index contributed by atoms with van der Waals surface area (Å²) in [5, 5.41) is 0. The zero-order valence-corrected chi connectivity index (χ0v) is 7.60. The molecule has 0 unspecified atom stereocenters. The first kappa shape index (κ1) is 7.74. The van der Waals surface area contributed by atoms with Crippen LogP contribution in [0.2, 0.25) is 0 Å². The molecule has 0 saturated carbocycles. The van der Waals surface area contributed by atoms with Gasteiger partial charge >= 0.3 is 0 Å². The second-order valence-corrected chi connectivity index (χ2v) is 3.75. The molecule has 0 atom stereocenters. The monoisotopic (exact) mass is 177 g/mol. The van der Waals surface area contributed by atoms with Crippen molar-refractivity contribution in [3.8, 4) is 0 Å². The van der Waals surface area contributed by atoms with E-state index in [1.54, 1.807) is 0 Å². The number of hydrogen-bond donors (Lipinski definition) is 1. The normalized spacial score (nSPS) is 16.0. The molecule has 62 valence electrons. The molecular weight excluding hydrogens is 166 g/mol. The lowest BCUT2D eigenvalue weighted by molar-refractivity contribution is 0.753. The van der Waals surface area contributed by atoms with Gasteiger partial charge in [-0.1, -0.05) is 36.5 Å². The summed E-state index contributed by atoms with van der Waals surface area (Å²) in [5.74, 6) is 0.400. The zero-order valence-electron chi connectivity index (χ0n) is 6.79. The SMILES string of the molecule is NC(=S)C1Cc2ccccc2C1. The highest BCUT2D eigenvalue weighted by molar-refractivity contribution is 7.80. The number of hydrogen-bond acceptors (Lipinski definition) is 1. The number of rotatable bonds is 1. The van der Waals surface area contributed by atoms with Crippen LogP contribution < -0.4 is 5.73 Å². The number of thiocarbonyl (C=S) groups is 1. The van der Waals surface area contributed by atoms with E-state index in [4.69, 9.17) is 18.0 Å². The summed E-state index contributed by atoms with van der Waals surface area (Å²) < 4.78 is 0. The molecule has 1 nitrogen and oxygen atoms in total. The molecule has 12 heavy (non-hydrogen) atoms. The lowest BCUT2D eigenvalue weighted by atomic mass is 10.1. The Hall–Kier alpha value is -0.890. The van der Waals surface area contributed by atoms with Crippen molar-refractivity contribution in [3.05, 3.63) is 35.4 Å². The van der Waals surface area contributed by atoms with E-state index in [1.165, 1.54) is 11.1 Å². The highest BCUT2D eigenvalue weighted by Gasteiger charge is 2.22. The fourth-order valence-electron chi connectivity index (χ4n) is 1.76.